The molecule has 1 aromatic carbocycles. The molecule has 1 aliphatic heterocycles. The molecule has 2 rings (SSSR count). The van der Waals surface area contributed by atoms with Crippen LogP contribution in [-0.2, 0) is 10.8 Å². The maximum atomic E-state index is 5.88. The minimum Gasteiger partial charge on any atom is -0.496 e. The van der Waals surface area contributed by atoms with Crippen LogP contribution in [0.2, 0.25) is 0 Å². The predicted octanol–water partition coefficient (Wildman–Crippen LogP) is 6.85. The lowest BCUT2D eigenvalue weighted by atomic mass is 9.78. The average Bonchev–Trinajstić information content (AvgIpc) is 2.52. The number of ether oxygens (including phenoxy) is 1. The van der Waals surface area contributed by atoms with Gasteiger partial charge in [-0.1, -0.05) is 48.5 Å². The van der Waals surface area contributed by atoms with E-state index in [1.807, 2.05) is 11.8 Å². The summed E-state index contributed by atoms with van der Waals surface area (Å²) < 4.78 is 6.58. The van der Waals surface area contributed by atoms with E-state index in [2.05, 4.69) is 77.8 Å². The van der Waals surface area contributed by atoms with Crippen LogP contribution in [0.4, 0.5) is 0 Å². The van der Waals surface area contributed by atoms with Crippen LogP contribution in [-0.4, -0.2) is 17.4 Å². The van der Waals surface area contributed by atoms with Gasteiger partial charge in [-0.15, -0.1) is 23.5 Å². The van der Waals surface area contributed by atoms with Crippen LogP contribution in [0.3, 0.4) is 0 Å². The third-order valence-electron chi connectivity index (χ3n) is 4.40. The third-order valence-corrected chi connectivity index (χ3v) is 7.38. The molecule has 1 unspecified atom stereocenters. The molecule has 0 saturated carbocycles. The van der Waals surface area contributed by atoms with Crippen LogP contribution in [0.15, 0.2) is 17.5 Å². The second kappa shape index (κ2) is 7.37. The molecule has 0 aromatic heterocycles. The summed E-state index contributed by atoms with van der Waals surface area (Å²) in [4.78, 5) is 0. The Morgan fingerprint density at radius 2 is 1.58 bits per heavy atom. The summed E-state index contributed by atoms with van der Waals surface area (Å²) in [5, 5.41) is 2.38. The normalized spacial score (nSPS) is 19.2. The molecule has 0 bridgehead atoms. The monoisotopic (exact) mass is 364 g/mol. The van der Waals surface area contributed by atoms with E-state index < -0.39 is 0 Å². The zero-order valence-electron chi connectivity index (χ0n) is 16.4. The molecule has 0 spiro atoms. The Morgan fingerprint density at radius 3 is 1.92 bits per heavy atom. The van der Waals surface area contributed by atoms with Crippen molar-refractivity contribution in [3.05, 3.63) is 34.2 Å². The lowest BCUT2D eigenvalue weighted by Crippen LogP contribution is -2.20. The number of benzene rings is 1. The van der Waals surface area contributed by atoms with Crippen LogP contribution in [0.25, 0.3) is 5.57 Å². The fourth-order valence-corrected chi connectivity index (χ4v) is 5.30. The second-order valence-electron chi connectivity index (χ2n) is 8.53. The highest BCUT2D eigenvalue weighted by Crippen LogP contribution is 2.44. The fraction of sp³-hybridized carbons (Fsp3) is 0.619. The lowest BCUT2D eigenvalue weighted by Gasteiger charge is -2.31. The van der Waals surface area contributed by atoms with Gasteiger partial charge in [0.25, 0.3) is 0 Å². The minimum absolute atomic E-state index is 0.0584. The highest BCUT2D eigenvalue weighted by molar-refractivity contribution is 8.19. The quantitative estimate of drug-likeness (QED) is 0.580. The molecule has 1 nitrogen and oxygen atoms in total. The maximum absolute atomic E-state index is 5.88. The van der Waals surface area contributed by atoms with E-state index in [-0.39, 0.29) is 10.8 Å². The van der Waals surface area contributed by atoms with Gasteiger partial charge in [0, 0.05) is 16.9 Å². The molecule has 134 valence electrons. The smallest absolute Gasteiger partial charge is 0.126 e. The first-order valence-corrected chi connectivity index (χ1v) is 10.8. The Balaban J connectivity index is 2.60. The Bertz CT molecular complexity index is 583. The Labute approximate surface area is 157 Å². The molecule has 0 saturated heterocycles. The summed E-state index contributed by atoms with van der Waals surface area (Å²) in [5.74, 6) is 2.16. The third kappa shape index (κ3) is 4.35. The number of rotatable bonds is 3. The topological polar surface area (TPSA) is 9.23 Å². The summed E-state index contributed by atoms with van der Waals surface area (Å²) in [7, 11) is 1.80. The number of methoxy groups -OCH3 is 1. The van der Waals surface area contributed by atoms with Gasteiger partial charge in [-0.2, -0.15) is 0 Å². The van der Waals surface area contributed by atoms with Crippen LogP contribution in [0, 0.1) is 0 Å². The van der Waals surface area contributed by atoms with Crippen molar-refractivity contribution < 1.29 is 4.74 Å². The van der Waals surface area contributed by atoms with Gasteiger partial charge in [0.1, 0.15) is 5.75 Å². The van der Waals surface area contributed by atoms with Crippen molar-refractivity contribution in [3.8, 4) is 5.75 Å². The minimum atomic E-state index is 0.0584. The van der Waals surface area contributed by atoms with Crippen molar-refractivity contribution in [3.63, 3.8) is 0 Å². The summed E-state index contributed by atoms with van der Waals surface area (Å²) in [6.45, 7) is 15.9. The molecule has 1 heterocycles. The molecule has 0 radical (unpaired) electrons. The van der Waals surface area contributed by atoms with Crippen molar-refractivity contribution in [2.75, 3.05) is 12.9 Å². The fourth-order valence-electron chi connectivity index (χ4n) is 2.93. The van der Waals surface area contributed by atoms with Gasteiger partial charge in [0.15, 0.2) is 0 Å². The molecule has 0 N–H and O–H groups in total. The molecule has 0 aliphatic carbocycles. The van der Waals surface area contributed by atoms with Crippen LogP contribution in [0.1, 0.15) is 71.6 Å². The first-order chi connectivity index (χ1) is 11.1. The molecule has 3 heteroatoms. The van der Waals surface area contributed by atoms with Gasteiger partial charge < -0.3 is 4.74 Å². The highest BCUT2D eigenvalue weighted by atomic mass is 32.2. The van der Waals surface area contributed by atoms with Gasteiger partial charge >= 0.3 is 0 Å². The molecular formula is C21H32OS2. The molecule has 1 aliphatic rings. The number of thioether (sulfide) groups is 2. The van der Waals surface area contributed by atoms with E-state index in [4.69, 9.17) is 4.74 Å². The SMILES string of the molecule is CCC1SC=C(c2cc(C(C)(C)C)c(OC)c(C(C)(C)C)c2)CS1. The summed E-state index contributed by atoms with van der Waals surface area (Å²) in [5.41, 5.74) is 5.54. The molecular weight excluding hydrogens is 332 g/mol. The van der Waals surface area contributed by atoms with E-state index in [0.717, 1.165) is 11.5 Å². The Morgan fingerprint density at radius 1 is 1.04 bits per heavy atom. The van der Waals surface area contributed by atoms with E-state index >= 15 is 0 Å². The zero-order chi connectivity index (χ0) is 18.1. The van der Waals surface area contributed by atoms with Crippen molar-refractivity contribution in [1.82, 2.24) is 0 Å². The Hall–Kier alpha value is -0.540. The molecule has 0 fully saturated rings. The van der Waals surface area contributed by atoms with Crippen molar-refractivity contribution >= 4 is 29.1 Å². The first kappa shape index (κ1) is 19.8. The second-order valence-corrected chi connectivity index (χ2v) is 11.1. The number of hydrogen-bond donors (Lipinski definition) is 0. The van der Waals surface area contributed by atoms with Gasteiger partial charge in [-0.3, -0.25) is 0 Å². The number of hydrogen-bond acceptors (Lipinski definition) is 3. The molecule has 24 heavy (non-hydrogen) atoms. The summed E-state index contributed by atoms with van der Waals surface area (Å²) in [6.07, 6.45) is 1.22. The van der Waals surface area contributed by atoms with Gasteiger partial charge in [-0.25, -0.2) is 0 Å². The maximum Gasteiger partial charge on any atom is 0.126 e. The van der Waals surface area contributed by atoms with E-state index in [9.17, 15) is 0 Å². The van der Waals surface area contributed by atoms with Gasteiger partial charge in [0.05, 0.1) is 11.7 Å². The average molecular weight is 365 g/mol. The summed E-state index contributed by atoms with van der Waals surface area (Å²) >= 11 is 4.04. The van der Waals surface area contributed by atoms with Crippen molar-refractivity contribution in [2.45, 2.75) is 70.3 Å². The van der Waals surface area contributed by atoms with Crippen molar-refractivity contribution in [1.29, 1.82) is 0 Å². The zero-order valence-corrected chi connectivity index (χ0v) is 18.1. The predicted molar refractivity (Wildman–Crippen MR) is 112 cm³/mol. The highest BCUT2D eigenvalue weighted by Gasteiger charge is 2.28. The standard InChI is InChI=1S/C21H32OS2/c1-9-18-23-12-15(13-24-18)14-10-16(20(2,3)4)19(22-8)17(11-14)21(5,6)7/h10-12,18H,9,13H2,1-8H3. The van der Waals surface area contributed by atoms with Crippen molar-refractivity contribution in [2.24, 2.45) is 0 Å². The van der Waals surface area contributed by atoms with Gasteiger partial charge in [-0.05, 0) is 45.9 Å². The summed E-state index contributed by atoms with van der Waals surface area (Å²) in [6, 6.07) is 4.71. The van der Waals surface area contributed by atoms with E-state index in [1.165, 1.54) is 28.7 Å². The Kier molecular flexibility index (Phi) is 6.08. The molecule has 0 amide bonds. The largest absolute Gasteiger partial charge is 0.496 e. The molecule has 1 atom stereocenters. The molecule has 1 aromatic rings. The lowest BCUT2D eigenvalue weighted by molar-refractivity contribution is 0.381. The van der Waals surface area contributed by atoms with E-state index in [1.54, 1.807) is 7.11 Å². The van der Waals surface area contributed by atoms with E-state index in [0.29, 0.717) is 4.58 Å². The first-order valence-electron chi connectivity index (χ1n) is 8.77. The van der Waals surface area contributed by atoms with Crippen LogP contribution in [0.5, 0.6) is 5.75 Å². The van der Waals surface area contributed by atoms with Gasteiger partial charge in [0.2, 0.25) is 0 Å². The van der Waals surface area contributed by atoms with Crippen LogP contribution >= 0.6 is 23.5 Å². The van der Waals surface area contributed by atoms with Crippen LogP contribution < -0.4 is 4.74 Å².